The van der Waals surface area contributed by atoms with Gasteiger partial charge in [0.2, 0.25) is 0 Å². The monoisotopic (exact) mass is 474 g/mol. The molecule has 1 saturated carbocycles. The van der Waals surface area contributed by atoms with Gasteiger partial charge in [-0.3, -0.25) is 4.99 Å². The zero-order valence-electron chi connectivity index (χ0n) is 13.7. The summed E-state index contributed by atoms with van der Waals surface area (Å²) in [6, 6.07) is 10.7. The van der Waals surface area contributed by atoms with Crippen molar-refractivity contribution in [3.05, 3.63) is 59.0 Å². The molecule has 7 heteroatoms. The molecule has 0 saturated heterocycles. The molecule has 1 aromatic heterocycles. The van der Waals surface area contributed by atoms with Gasteiger partial charge in [0.1, 0.15) is 11.6 Å². The van der Waals surface area contributed by atoms with Crippen molar-refractivity contribution in [2.24, 2.45) is 10.7 Å². The lowest BCUT2D eigenvalue weighted by Crippen LogP contribution is -2.31. The highest BCUT2D eigenvalue weighted by Gasteiger charge is 2.38. The highest BCUT2D eigenvalue weighted by Crippen LogP contribution is 2.43. The second-order valence-electron chi connectivity index (χ2n) is 6.13. The molecule has 1 aliphatic rings. The van der Waals surface area contributed by atoms with E-state index < -0.39 is 0 Å². The van der Waals surface area contributed by atoms with E-state index in [2.05, 4.69) is 15.3 Å². The first-order valence-electron chi connectivity index (χ1n) is 8.03. The van der Waals surface area contributed by atoms with Crippen LogP contribution < -0.4 is 11.1 Å². The fourth-order valence-electron chi connectivity index (χ4n) is 3.32. The predicted molar refractivity (Wildman–Crippen MR) is 111 cm³/mol. The second kappa shape index (κ2) is 8.80. The average Bonchev–Trinajstić information content (AvgIpc) is 3.06. The van der Waals surface area contributed by atoms with Crippen LogP contribution in [0.25, 0.3) is 0 Å². The van der Waals surface area contributed by atoms with Gasteiger partial charge in [0.15, 0.2) is 5.96 Å². The lowest BCUT2D eigenvalue weighted by atomic mass is 9.78. The number of nitrogens with two attached hydrogens (primary N) is 1. The van der Waals surface area contributed by atoms with Gasteiger partial charge < -0.3 is 11.1 Å². The molecule has 0 unspecified atom stereocenters. The highest BCUT2D eigenvalue weighted by molar-refractivity contribution is 14.0. The lowest BCUT2D eigenvalue weighted by Gasteiger charge is -2.28. The number of halogens is 3. The second-order valence-corrected chi connectivity index (χ2v) is 6.54. The van der Waals surface area contributed by atoms with Crippen LogP contribution in [0, 0.1) is 5.82 Å². The maximum atomic E-state index is 14.5. The van der Waals surface area contributed by atoms with E-state index in [9.17, 15) is 4.39 Å². The minimum absolute atomic E-state index is 0. The Kier molecular flexibility index (Phi) is 7.01. The van der Waals surface area contributed by atoms with Crippen LogP contribution in [0.1, 0.15) is 31.2 Å². The molecule has 1 aliphatic carbocycles. The standard InChI is InChI=1S/C18H20ClFN4.HI/c19-14-7-5-6-13(16(14)20)18(9-2-3-10-18)12-23-17(21)24-15-8-1-4-11-22-15;/h1,4-8,11H,2-3,9-10,12H2,(H3,21,22,23,24);1H. The Hall–Kier alpha value is -1.41. The van der Waals surface area contributed by atoms with Crippen LogP contribution in [0.4, 0.5) is 10.2 Å². The van der Waals surface area contributed by atoms with Crippen molar-refractivity contribution in [2.45, 2.75) is 31.1 Å². The summed E-state index contributed by atoms with van der Waals surface area (Å²) in [4.78, 5) is 8.60. The molecule has 1 fully saturated rings. The summed E-state index contributed by atoms with van der Waals surface area (Å²) in [5, 5.41) is 3.11. The van der Waals surface area contributed by atoms with Gasteiger partial charge in [-0.2, -0.15) is 0 Å². The number of nitrogens with zero attached hydrogens (tertiary/aromatic N) is 2. The molecule has 0 aliphatic heterocycles. The molecule has 0 amide bonds. The summed E-state index contributed by atoms with van der Waals surface area (Å²) < 4.78 is 14.5. The van der Waals surface area contributed by atoms with Gasteiger partial charge >= 0.3 is 0 Å². The van der Waals surface area contributed by atoms with E-state index in [0.717, 1.165) is 25.7 Å². The number of aromatic nitrogens is 1. The van der Waals surface area contributed by atoms with E-state index >= 15 is 0 Å². The number of rotatable bonds is 4. The number of nitrogens with one attached hydrogen (secondary N) is 1. The summed E-state index contributed by atoms with van der Waals surface area (Å²) >= 11 is 5.97. The van der Waals surface area contributed by atoms with Gasteiger partial charge in [-0.15, -0.1) is 24.0 Å². The number of aliphatic imine (C=N–C) groups is 1. The third kappa shape index (κ3) is 4.61. The van der Waals surface area contributed by atoms with Crippen LogP contribution in [0.15, 0.2) is 47.6 Å². The molecule has 25 heavy (non-hydrogen) atoms. The predicted octanol–water partition coefficient (Wildman–Crippen LogP) is 4.73. The Morgan fingerprint density at radius 2 is 2.00 bits per heavy atom. The van der Waals surface area contributed by atoms with Crippen LogP contribution in [0.5, 0.6) is 0 Å². The molecule has 3 rings (SSSR count). The number of hydrogen-bond donors (Lipinski definition) is 2. The topological polar surface area (TPSA) is 63.3 Å². The maximum absolute atomic E-state index is 14.5. The minimum atomic E-state index is -0.342. The minimum Gasteiger partial charge on any atom is -0.370 e. The van der Waals surface area contributed by atoms with E-state index in [1.807, 2.05) is 24.3 Å². The molecule has 1 aromatic carbocycles. The average molecular weight is 475 g/mol. The zero-order valence-corrected chi connectivity index (χ0v) is 16.8. The Labute approximate surface area is 169 Å². The van der Waals surface area contributed by atoms with Gasteiger partial charge in [-0.05, 0) is 36.6 Å². The Morgan fingerprint density at radius 1 is 1.24 bits per heavy atom. The molecular formula is C18H21ClFIN4. The summed E-state index contributed by atoms with van der Waals surface area (Å²) in [7, 11) is 0. The van der Waals surface area contributed by atoms with Gasteiger partial charge in [-0.25, -0.2) is 9.37 Å². The van der Waals surface area contributed by atoms with Crippen LogP contribution in [-0.4, -0.2) is 17.5 Å². The first-order chi connectivity index (χ1) is 11.6. The van der Waals surface area contributed by atoms with Crippen molar-refractivity contribution in [1.29, 1.82) is 0 Å². The van der Waals surface area contributed by atoms with Gasteiger partial charge in [0.05, 0.1) is 11.6 Å². The Balaban J connectivity index is 0.00000225. The molecule has 3 N–H and O–H groups in total. The van der Waals surface area contributed by atoms with Crippen molar-refractivity contribution in [1.82, 2.24) is 4.98 Å². The molecule has 4 nitrogen and oxygen atoms in total. The first kappa shape index (κ1) is 19.9. The number of pyridine rings is 1. The number of guanidine groups is 1. The van der Waals surface area contributed by atoms with Crippen molar-refractivity contribution < 1.29 is 4.39 Å². The Bertz CT molecular complexity index is 733. The molecule has 0 spiro atoms. The molecule has 2 aromatic rings. The molecule has 0 radical (unpaired) electrons. The molecule has 0 bridgehead atoms. The smallest absolute Gasteiger partial charge is 0.194 e. The molecule has 134 valence electrons. The van der Waals surface area contributed by atoms with Crippen LogP contribution in [0.3, 0.4) is 0 Å². The normalized spacial score (nSPS) is 16.3. The van der Waals surface area contributed by atoms with E-state index in [0.29, 0.717) is 17.9 Å². The van der Waals surface area contributed by atoms with Gasteiger partial charge in [0.25, 0.3) is 0 Å². The van der Waals surface area contributed by atoms with Crippen LogP contribution >= 0.6 is 35.6 Å². The highest BCUT2D eigenvalue weighted by atomic mass is 127. The largest absolute Gasteiger partial charge is 0.370 e. The van der Waals surface area contributed by atoms with E-state index in [1.165, 1.54) is 0 Å². The van der Waals surface area contributed by atoms with E-state index in [1.54, 1.807) is 18.3 Å². The maximum Gasteiger partial charge on any atom is 0.194 e. The number of hydrogen-bond acceptors (Lipinski definition) is 2. The van der Waals surface area contributed by atoms with Crippen LogP contribution in [-0.2, 0) is 5.41 Å². The molecular weight excluding hydrogens is 454 g/mol. The van der Waals surface area contributed by atoms with Crippen molar-refractivity contribution in [3.8, 4) is 0 Å². The zero-order chi connectivity index (χ0) is 17.0. The van der Waals surface area contributed by atoms with Crippen LogP contribution in [0.2, 0.25) is 5.02 Å². The first-order valence-corrected chi connectivity index (χ1v) is 8.41. The van der Waals surface area contributed by atoms with Crippen molar-refractivity contribution in [3.63, 3.8) is 0 Å². The lowest BCUT2D eigenvalue weighted by molar-refractivity contribution is 0.428. The molecule has 0 atom stereocenters. The Morgan fingerprint density at radius 3 is 2.68 bits per heavy atom. The number of benzene rings is 1. The van der Waals surface area contributed by atoms with Crippen molar-refractivity contribution >= 4 is 47.4 Å². The third-order valence-electron chi connectivity index (χ3n) is 4.56. The third-order valence-corrected chi connectivity index (χ3v) is 4.85. The summed E-state index contributed by atoms with van der Waals surface area (Å²) in [5.74, 6) is 0.572. The van der Waals surface area contributed by atoms with Gasteiger partial charge in [-0.1, -0.05) is 42.6 Å². The number of anilines is 1. The van der Waals surface area contributed by atoms with E-state index in [-0.39, 0.29) is 46.2 Å². The fraction of sp³-hybridized carbons (Fsp3) is 0.333. The quantitative estimate of drug-likeness (QED) is 0.382. The fourth-order valence-corrected chi connectivity index (χ4v) is 3.50. The summed E-state index contributed by atoms with van der Waals surface area (Å²) in [5.41, 5.74) is 6.27. The van der Waals surface area contributed by atoms with Crippen molar-refractivity contribution in [2.75, 3.05) is 11.9 Å². The summed E-state index contributed by atoms with van der Waals surface area (Å²) in [6.45, 7) is 0.427. The summed E-state index contributed by atoms with van der Waals surface area (Å²) in [6.07, 6.45) is 5.54. The van der Waals surface area contributed by atoms with Gasteiger partial charge in [0, 0.05) is 11.6 Å². The van der Waals surface area contributed by atoms with E-state index in [4.69, 9.17) is 17.3 Å². The molecule has 1 heterocycles. The SMILES string of the molecule is I.NC(=NCC1(c2cccc(Cl)c2F)CCCC1)Nc1ccccn1.